The van der Waals surface area contributed by atoms with Crippen molar-refractivity contribution < 1.29 is 4.74 Å². The summed E-state index contributed by atoms with van der Waals surface area (Å²) in [4.78, 5) is 2.29. The molecular formula is C13H22N2O. The molecule has 0 heterocycles. The Morgan fingerprint density at radius 3 is 2.62 bits per heavy atom. The zero-order valence-electron chi connectivity index (χ0n) is 10.6. The normalized spacial score (nSPS) is 15.1. The van der Waals surface area contributed by atoms with Crippen molar-refractivity contribution in [1.82, 2.24) is 4.90 Å². The summed E-state index contributed by atoms with van der Waals surface area (Å²) in [5.74, 6) is 0. The van der Waals surface area contributed by atoms with E-state index >= 15 is 0 Å². The lowest BCUT2D eigenvalue weighted by molar-refractivity contribution is 0.0939. The van der Waals surface area contributed by atoms with E-state index in [1.165, 1.54) is 5.56 Å². The van der Waals surface area contributed by atoms with E-state index in [0.717, 1.165) is 12.3 Å². The predicted molar refractivity (Wildman–Crippen MR) is 68.4 cm³/mol. The Hall–Kier alpha value is -1.06. The molecule has 0 bridgehead atoms. The third kappa shape index (κ3) is 3.22. The number of hydrogen-bond donors (Lipinski definition) is 1. The zero-order chi connectivity index (χ0) is 12.1. The van der Waals surface area contributed by atoms with Gasteiger partial charge in [-0.2, -0.15) is 0 Å². The minimum Gasteiger partial charge on any atom is -0.399 e. The fraction of sp³-hybridized carbons (Fsp3) is 0.538. The Morgan fingerprint density at radius 2 is 2.06 bits per heavy atom. The van der Waals surface area contributed by atoms with E-state index in [1.54, 1.807) is 7.11 Å². The van der Waals surface area contributed by atoms with Crippen LogP contribution in [0.2, 0.25) is 0 Å². The van der Waals surface area contributed by atoms with Crippen molar-refractivity contribution in [1.29, 1.82) is 0 Å². The lowest BCUT2D eigenvalue weighted by Crippen LogP contribution is -2.34. The molecular weight excluding hydrogens is 200 g/mol. The first-order valence-electron chi connectivity index (χ1n) is 5.62. The quantitative estimate of drug-likeness (QED) is 0.777. The fourth-order valence-corrected chi connectivity index (χ4v) is 1.79. The van der Waals surface area contributed by atoms with Gasteiger partial charge in [-0.1, -0.05) is 12.1 Å². The predicted octanol–water partition coefficient (Wildman–Crippen LogP) is 2.30. The number of nitrogens with zero attached hydrogens (tertiary/aromatic N) is 1. The number of hydrogen-bond acceptors (Lipinski definition) is 3. The van der Waals surface area contributed by atoms with E-state index < -0.39 is 0 Å². The third-order valence-electron chi connectivity index (χ3n) is 3.11. The van der Waals surface area contributed by atoms with Crippen LogP contribution in [0.4, 0.5) is 5.69 Å². The van der Waals surface area contributed by atoms with Gasteiger partial charge in [0.1, 0.15) is 0 Å². The van der Waals surface area contributed by atoms with Gasteiger partial charge in [-0.15, -0.1) is 0 Å². The summed E-state index contributed by atoms with van der Waals surface area (Å²) >= 11 is 0. The maximum absolute atomic E-state index is 5.79. The molecule has 0 fully saturated rings. The highest BCUT2D eigenvalue weighted by Crippen LogP contribution is 2.22. The second kappa shape index (κ2) is 5.87. The maximum Gasteiger partial charge on any atom is 0.0615 e. The Morgan fingerprint density at radius 1 is 1.38 bits per heavy atom. The minimum atomic E-state index is 0.341. The molecule has 0 amide bonds. The molecule has 1 rings (SSSR count). The average Bonchev–Trinajstić information content (AvgIpc) is 2.27. The molecule has 2 unspecified atom stereocenters. The van der Waals surface area contributed by atoms with Crippen LogP contribution in [0.5, 0.6) is 0 Å². The summed E-state index contributed by atoms with van der Waals surface area (Å²) in [5.41, 5.74) is 7.85. The topological polar surface area (TPSA) is 38.5 Å². The number of likely N-dealkylation sites (N-methyl/N-ethyl adjacent to an activating group) is 1. The fourth-order valence-electron chi connectivity index (χ4n) is 1.79. The van der Waals surface area contributed by atoms with Crippen LogP contribution in [0.25, 0.3) is 0 Å². The smallest absolute Gasteiger partial charge is 0.0615 e. The number of ether oxygens (including phenoxy) is 1. The van der Waals surface area contributed by atoms with Crippen molar-refractivity contribution in [2.75, 3.05) is 26.5 Å². The van der Waals surface area contributed by atoms with Crippen LogP contribution < -0.4 is 5.73 Å². The molecule has 0 aliphatic carbocycles. The van der Waals surface area contributed by atoms with Gasteiger partial charge in [-0.3, -0.25) is 4.90 Å². The molecule has 1 aromatic carbocycles. The highest BCUT2D eigenvalue weighted by molar-refractivity contribution is 5.41. The van der Waals surface area contributed by atoms with Gasteiger partial charge in [-0.25, -0.2) is 0 Å². The molecule has 90 valence electrons. The van der Waals surface area contributed by atoms with Crippen molar-refractivity contribution in [2.45, 2.75) is 25.9 Å². The summed E-state index contributed by atoms with van der Waals surface area (Å²) in [6.45, 7) is 5.08. The number of benzene rings is 1. The molecule has 1 aromatic rings. The van der Waals surface area contributed by atoms with Crippen LogP contribution in [0.15, 0.2) is 24.3 Å². The first kappa shape index (κ1) is 13.0. The van der Waals surface area contributed by atoms with Crippen LogP contribution in [0, 0.1) is 0 Å². The first-order valence-corrected chi connectivity index (χ1v) is 5.62. The second-order valence-electron chi connectivity index (χ2n) is 4.32. The van der Waals surface area contributed by atoms with Gasteiger partial charge in [0.25, 0.3) is 0 Å². The third-order valence-corrected chi connectivity index (χ3v) is 3.11. The minimum absolute atomic E-state index is 0.341. The molecule has 16 heavy (non-hydrogen) atoms. The highest BCUT2D eigenvalue weighted by Gasteiger charge is 2.17. The van der Waals surface area contributed by atoms with Crippen molar-refractivity contribution >= 4 is 5.69 Å². The highest BCUT2D eigenvalue weighted by atomic mass is 16.5. The molecule has 2 atom stereocenters. The van der Waals surface area contributed by atoms with Gasteiger partial charge in [-0.05, 0) is 38.6 Å². The monoisotopic (exact) mass is 222 g/mol. The van der Waals surface area contributed by atoms with Crippen LogP contribution >= 0.6 is 0 Å². The number of nitrogen functional groups attached to an aromatic ring is 1. The van der Waals surface area contributed by atoms with Crippen molar-refractivity contribution in [3.63, 3.8) is 0 Å². The van der Waals surface area contributed by atoms with E-state index in [0.29, 0.717) is 12.1 Å². The molecule has 0 aliphatic rings. The Labute approximate surface area is 98.2 Å². The standard InChI is InChI=1S/C13H22N2O/c1-10(9-16-4)15(3)11(2)12-6-5-7-13(14)8-12/h5-8,10-11H,9,14H2,1-4H3. The molecule has 0 saturated heterocycles. The Balaban J connectivity index is 2.73. The zero-order valence-corrected chi connectivity index (χ0v) is 10.6. The summed E-state index contributed by atoms with van der Waals surface area (Å²) in [7, 11) is 3.84. The van der Waals surface area contributed by atoms with Gasteiger partial charge < -0.3 is 10.5 Å². The average molecular weight is 222 g/mol. The van der Waals surface area contributed by atoms with E-state index in [4.69, 9.17) is 10.5 Å². The van der Waals surface area contributed by atoms with Gasteiger partial charge in [0.15, 0.2) is 0 Å². The number of rotatable bonds is 5. The van der Waals surface area contributed by atoms with Gasteiger partial charge in [0.05, 0.1) is 6.61 Å². The van der Waals surface area contributed by atoms with Crippen molar-refractivity contribution in [3.05, 3.63) is 29.8 Å². The molecule has 0 spiro atoms. The molecule has 0 aromatic heterocycles. The summed E-state index contributed by atoms with van der Waals surface area (Å²) in [5, 5.41) is 0. The van der Waals surface area contributed by atoms with Crippen LogP contribution in [0.3, 0.4) is 0 Å². The van der Waals surface area contributed by atoms with Gasteiger partial charge >= 0.3 is 0 Å². The largest absolute Gasteiger partial charge is 0.399 e. The van der Waals surface area contributed by atoms with Gasteiger partial charge in [0, 0.05) is 24.9 Å². The molecule has 2 N–H and O–H groups in total. The summed E-state index contributed by atoms with van der Waals surface area (Å²) in [6, 6.07) is 8.78. The lowest BCUT2D eigenvalue weighted by atomic mass is 10.1. The van der Waals surface area contributed by atoms with Crippen LogP contribution in [0.1, 0.15) is 25.5 Å². The van der Waals surface area contributed by atoms with E-state index in [2.05, 4.69) is 31.9 Å². The van der Waals surface area contributed by atoms with E-state index in [-0.39, 0.29) is 0 Å². The molecule has 3 nitrogen and oxygen atoms in total. The van der Waals surface area contributed by atoms with E-state index in [1.807, 2.05) is 18.2 Å². The van der Waals surface area contributed by atoms with E-state index in [9.17, 15) is 0 Å². The summed E-state index contributed by atoms with van der Waals surface area (Å²) < 4.78 is 5.17. The molecule has 0 radical (unpaired) electrons. The lowest BCUT2D eigenvalue weighted by Gasteiger charge is -2.30. The van der Waals surface area contributed by atoms with Gasteiger partial charge in [0.2, 0.25) is 0 Å². The number of anilines is 1. The second-order valence-corrected chi connectivity index (χ2v) is 4.32. The molecule has 0 aliphatic heterocycles. The SMILES string of the molecule is COCC(C)N(C)C(C)c1cccc(N)c1. The number of methoxy groups -OCH3 is 1. The van der Waals surface area contributed by atoms with Crippen molar-refractivity contribution in [2.24, 2.45) is 0 Å². The van der Waals surface area contributed by atoms with Crippen LogP contribution in [-0.2, 0) is 4.74 Å². The Kier molecular flexibility index (Phi) is 4.77. The molecule has 0 saturated carbocycles. The first-order chi connectivity index (χ1) is 7.56. The number of nitrogens with two attached hydrogens (primary N) is 1. The van der Waals surface area contributed by atoms with Crippen molar-refractivity contribution in [3.8, 4) is 0 Å². The van der Waals surface area contributed by atoms with Crippen LogP contribution in [-0.4, -0.2) is 31.7 Å². The maximum atomic E-state index is 5.79. The Bertz CT molecular complexity index is 327. The summed E-state index contributed by atoms with van der Waals surface area (Å²) in [6.07, 6.45) is 0. The molecule has 3 heteroatoms.